The van der Waals surface area contributed by atoms with E-state index in [1.165, 1.54) is 10.8 Å². The molecule has 3 rings (SSSR count). The van der Waals surface area contributed by atoms with Crippen molar-refractivity contribution in [3.8, 4) is 11.1 Å². The lowest BCUT2D eigenvalue weighted by Gasteiger charge is -2.04. The van der Waals surface area contributed by atoms with Crippen LogP contribution in [-0.2, 0) is 0 Å². The number of rotatable bonds is 2. The Morgan fingerprint density at radius 2 is 1.78 bits per heavy atom. The highest BCUT2D eigenvalue weighted by atomic mass is 16.3. The average Bonchev–Trinajstić information content (AvgIpc) is 2.79. The SMILES string of the molecule is Cc1oc(C=O)cc1-c1cccc2ccccc12. The van der Waals surface area contributed by atoms with Crippen LogP contribution < -0.4 is 0 Å². The number of furan rings is 1. The predicted octanol–water partition coefficient (Wildman–Crippen LogP) is 4.22. The minimum absolute atomic E-state index is 0.371. The molecule has 0 bridgehead atoms. The summed E-state index contributed by atoms with van der Waals surface area (Å²) in [6.07, 6.45) is 0.738. The smallest absolute Gasteiger partial charge is 0.185 e. The number of fused-ring (bicyclic) bond motifs is 1. The third kappa shape index (κ3) is 1.63. The first-order valence-corrected chi connectivity index (χ1v) is 5.83. The fourth-order valence-corrected chi connectivity index (χ4v) is 2.29. The van der Waals surface area contributed by atoms with Crippen molar-refractivity contribution >= 4 is 17.1 Å². The zero-order valence-electron chi connectivity index (χ0n) is 10.0. The summed E-state index contributed by atoms with van der Waals surface area (Å²) >= 11 is 0. The number of hydrogen-bond acceptors (Lipinski definition) is 2. The Kier molecular flexibility index (Phi) is 2.49. The second kappa shape index (κ2) is 4.15. The number of carbonyl (C=O) groups is 1. The van der Waals surface area contributed by atoms with Crippen LogP contribution in [-0.4, -0.2) is 6.29 Å². The molecule has 1 heterocycles. The van der Waals surface area contributed by atoms with Gasteiger partial charge in [0.15, 0.2) is 12.0 Å². The molecule has 0 amide bonds. The van der Waals surface area contributed by atoms with E-state index in [9.17, 15) is 4.79 Å². The highest BCUT2D eigenvalue weighted by molar-refractivity contribution is 5.97. The maximum Gasteiger partial charge on any atom is 0.185 e. The second-order valence-corrected chi connectivity index (χ2v) is 4.26. The molecule has 0 spiro atoms. The molecule has 2 nitrogen and oxygen atoms in total. The molecule has 0 saturated heterocycles. The summed E-state index contributed by atoms with van der Waals surface area (Å²) in [7, 11) is 0. The molecule has 0 radical (unpaired) electrons. The summed E-state index contributed by atoms with van der Waals surface area (Å²) in [5.41, 5.74) is 2.08. The van der Waals surface area contributed by atoms with E-state index in [1.54, 1.807) is 6.07 Å². The van der Waals surface area contributed by atoms with E-state index in [1.807, 2.05) is 25.1 Å². The first-order valence-electron chi connectivity index (χ1n) is 5.83. The summed E-state index contributed by atoms with van der Waals surface area (Å²) in [6.45, 7) is 1.88. The fraction of sp³-hybridized carbons (Fsp3) is 0.0625. The van der Waals surface area contributed by atoms with Gasteiger partial charge in [0.1, 0.15) is 5.76 Å². The van der Waals surface area contributed by atoms with E-state index in [2.05, 4.69) is 24.3 Å². The van der Waals surface area contributed by atoms with Crippen LogP contribution in [0.1, 0.15) is 16.3 Å². The van der Waals surface area contributed by atoms with Crippen molar-refractivity contribution in [2.45, 2.75) is 6.92 Å². The second-order valence-electron chi connectivity index (χ2n) is 4.26. The van der Waals surface area contributed by atoms with E-state index in [-0.39, 0.29) is 0 Å². The first-order chi connectivity index (χ1) is 8.79. The van der Waals surface area contributed by atoms with Gasteiger partial charge in [-0.1, -0.05) is 42.5 Å². The molecule has 18 heavy (non-hydrogen) atoms. The van der Waals surface area contributed by atoms with Crippen molar-refractivity contribution in [1.29, 1.82) is 0 Å². The molecule has 1 aromatic heterocycles. The van der Waals surface area contributed by atoms with Crippen molar-refractivity contribution in [2.24, 2.45) is 0 Å². The first kappa shape index (κ1) is 10.8. The number of hydrogen-bond donors (Lipinski definition) is 0. The van der Waals surface area contributed by atoms with Crippen LogP contribution in [0.2, 0.25) is 0 Å². The lowest BCUT2D eigenvalue weighted by atomic mass is 9.99. The normalized spacial score (nSPS) is 10.7. The molecule has 2 aromatic carbocycles. The summed E-state index contributed by atoms with van der Waals surface area (Å²) in [5, 5.41) is 2.35. The maximum atomic E-state index is 10.8. The third-order valence-corrected chi connectivity index (χ3v) is 3.13. The standard InChI is InChI=1S/C16H12O2/c1-11-16(9-13(10-17)18-11)15-8-4-6-12-5-2-3-7-14(12)15/h2-10H,1H3. The van der Waals surface area contributed by atoms with Crippen LogP contribution in [0.3, 0.4) is 0 Å². The molecule has 0 aliphatic heterocycles. The quantitative estimate of drug-likeness (QED) is 0.623. The van der Waals surface area contributed by atoms with E-state index >= 15 is 0 Å². The Labute approximate surface area is 105 Å². The van der Waals surface area contributed by atoms with Gasteiger partial charge in [-0.3, -0.25) is 4.79 Å². The maximum absolute atomic E-state index is 10.8. The number of benzene rings is 2. The lowest BCUT2D eigenvalue weighted by Crippen LogP contribution is -1.80. The molecule has 0 aliphatic carbocycles. The summed E-state index contributed by atoms with van der Waals surface area (Å²) in [5.74, 6) is 1.14. The molecule has 0 atom stereocenters. The summed E-state index contributed by atoms with van der Waals surface area (Å²) in [6, 6.07) is 16.1. The Bertz CT molecular complexity index is 718. The molecule has 0 unspecified atom stereocenters. The molecule has 0 saturated carbocycles. The van der Waals surface area contributed by atoms with Crippen LogP contribution in [0, 0.1) is 6.92 Å². The minimum Gasteiger partial charge on any atom is -0.458 e. The number of aryl methyl sites for hydroxylation is 1. The van der Waals surface area contributed by atoms with Gasteiger partial charge in [0.05, 0.1) is 0 Å². The molecule has 2 heteroatoms. The molecule has 3 aromatic rings. The molecule has 0 aliphatic rings. The van der Waals surface area contributed by atoms with Crippen molar-refractivity contribution < 1.29 is 9.21 Å². The lowest BCUT2D eigenvalue weighted by molar-refractivity contribution is 0.109. The van der Waals surface area contributed by atoms with Crippen LogP contribution in [0.5, 0.6) is 0 Å². The molecule has 88 valence electrons. The van der Waals surface area contributed by atoms with Crippen LogP contribution in [0.4, 0.5) is 0 Å². The van der Waals surface area contributed by atoms with Crippen molar-refractivity contribution in [1.82, 2.24) is 0 Å². The van der Waals surface area contributed by atoms with Gasteiger partial charge in [0.2, 0.25) is 0 Å². The third-order valence-electron chi connectivity index (χ3n) is 3.13. The van der Waals surface area contributed by atoms with Gasteiger partial charge in [-0.15, -0.1) is 0 Å². The van der Waals surface area contributed by atoms with Gasteiger partial charge in [0, 0.05) is 5.56 Å². The Balaban J connectivity index is 2.31. The zero-order chi connectivity index (χ0) is 12.5. The molecular formula is C16H12O2. The van der Waals surface area contributed by atoms with Crippen molar-refractivity contribution in [3.05, 3.63) is 60.1 Å². The van der Waals surface area contributed by atoms with Crippen LogP contribution >= 0.6 is 0 Å². The summed E-state index contributed by atoms with van der Waals surface area (Å²) in [4.78, 5) is 10.8. The fourth-order valence-electron chi connectivity index (χ4n) is 2.29. The summed E-state index contributed by atoms with van der Waals surface area (Å²) < 4.78 is 5.40. The molecule has 0 N–H and O–H groups in total. The van der Waals surface area contributed by atoms with Crippen molar-refractivity contribution in [2.75, 3.05) is 0 Å². The van der Waals surface area contributed by atoms with E-state index in [4.69, 9.17) is 4.42 Å². The molecular weight excluding hydrogens is 224 g/mol. The Morgan fingerprint density at radius 1 is 1.00 bits per heavy atom. The zero-order valence-corrected chi connectivity index (χ0v) is 10.0. The van der Waals surface area contributed by atoms with Crippen LogP contribution in [0.15, 0.2) is 52.9 Å². The van der Waals surface area contributed by atoms with Gasteiger partial charge in [-0.25, -0.2) is 0 Å². The highest BCUT2D eigenvalue weighted by Gasteiger charge is 2.11. The number of carbonyl (C=O) groups excluding carboxylic acids is 1. The average molecular weight is 236 g/mol. The van der Waals surface area contributed by atoms with E-state index in [0.717, 1.165) is 23.2 Å². The largest absolute Gasteiger partial charge is 0.458 e. The van der Waals surface area contributed by atoms with E-state index < -0.39 is 0 Å². The number of aldehydes is 1. The monoisotopic (exact) mass is 236 g/mol. The topological polar surface area (TPSA) is 30.2 Å². The van der Waals surface area contributed by atoms with Gasteiger partial charge in [-0.05, 0) is 29.3 Å². The van der Waals surface area contributed by atoms with Gasteiger partial charge in [0.25, 0.3) is 0 Å². The van der Waals surface area contributed by atoms with E-state index in [0.29, 0.717) is 5.76 Å². The Morgan fingerprint density at radius 3 is 2.56 bits per heavy atom. The predicted molar refractivity (Wildman–Crippen MR) is 71.8 cm³/mol. The van der Waals surface area contributed by atoms with Crippen LogP contribution in [0.25, 0.3) is 21.9 Å². The van der Waals surface area contributed by atoms with Gasteiger partial charge < -0.3 is 4.42 Å². The van der Waals surface area contributed by atoms with Gasteiger partial charge in [-0.2, -0.15) is 0 Å². The highest BCUT2D eigenvalue weighted by Crippen LogP contribution is 2.32. The van der Waals surface area contributed by atoms with Gasteiger partial charge >= 0.3 is 0 Å². The minimum atomic E-state index is 0.371. The van der Waals surface area contributed by atoms with Crippen molar-refractivity contribution in [3.63, 3.8) is 0 Å². The molecule has 0 fully saturated rings. The Hall–Kier alpha value is -2.35.